The maximum absolute atomic E-state index is 11.8. The summed E-state index contributed by atoms with van der Waals surface area (Å²) in [6.45, 7) is 6.01. The molecule has 1 rings (SSSR count). The zero-order valence-corrected chi connectivity index (χ0v) is 12.9. The Morgan fingerprint density at radius 3 is 2.30 bits per heavy atom. The van der Waals surface area contributed by atoms with Gasteiger partial charge in [-0.2, -0.15) is 0 Å². The van der Waals surface area contributed by atoms with E-state index in [0.717, 1.165) is 18.8 Å². The summed E-state index contributed by atoms with van der Waals surface area (Å²) >= 11 is 0. The standard InChI is InChI=1S/C15H29N3O2/c1-4-11-5-7-12(8-6-11)18-13(19)9-17-15(20)14(16)10(2)3/h10-12,14H,4-9,16H2,1-3H3,(H,17,20)(H,18,19)/t11?,12?,14-/m0/s1. The lowest BCUT2D eigenvalue weighted by molar-refractivity contribution is -0.127. The Kier molecular flexibility index (Phi) is 6.99. The van der Waals surface area contributed by atoms with E-state index in [1.54, 1.807) is 0 Å². The lowest BCUT2D eigenvalue weighted by atomic mass is 9.84. The Labute approximate surface area is 122 Å². The molecule has 0 unspecified atom stereocenters. The molecule has 5 heteroatoms. The second-order valence-corrected chi connectivity index (χ2v) is 6.18. The van der Waals surface area contributed by atoms with Crippen molar-refractivity contribution >= 4 is 11.8 Å². The van der Waals surface area contributed by atoms with Gasteiger partial charge in [-0.1, -0.05) is 27.2 Å². The van der Waals surface area contributed by atoms with Gasteiger partial charge in [0.2, 0.25) is 11.8 Å². The van der Waals surface area contributed by atoms with Crippen LogP contribution in [-0.4, -0.2) is 30.4 Å². The molecule has 0 radical (unpaired) electrons. The first-order chi connectivity index (χ1) is 9.43. The van der Waals surface area contributed by atoms with Crippen molar-refractivity contribution in [3.63, 3.8) is 0 Å². The van der Waals surface area contributed by atoms with Gasteiger partial charge in [0.15, 0.2) is 0 Å². The SMILES string of the molecule is CCC1CCC(NC(=O)CNC(=O)[C@@H](N)C(C)C)CC1. The summed E-state index contributed by atoms with van der Waals surface area (Å²) in [5.41, 5.74) is 5.72. The number of rotatable bonds is 6. The smallest absolute Gasteiger partial charge is 0.239 e. The monoisotopic (exact) mass is 283 g/mol. The van der Waals surface area contributed by atoms with E-state index < -0.39 is 6.04 Å². The van der Waals surface area contributed by atoms with E-state index in [9.17, 15) is 9.59 Å². The number of carbonyl (C=O) groups excluding carboxylic acids is 2. The normalized spacial score (nSPS) is 24.2. The van der Waals surface area contributed by atoms with E-state index in [0.29, 0.717) is 0 Å². The van der Waals surface area contributed by atoms with Gasteiger partial charge in [0.25, 0.3) is 0 Å². The molecule has 116 valence electrons. The molecule has 1 atom stereocenters. The van der Waals surface area contributed by atoms with Crippen LogP contribution in [0.2, 0.25) is 0 Å². The molecule has 20 heavy (non-hydrogen) atoms. The molecule has 0 aromatic rings. The molecule has 1 aliphatic rings. The lowest BCUT2D eigenvalue weighted by Crippen LogP contribution is -2.48. The molecule has 0 heterocycles. The fraction of sp³-hybridized carbons (Fsp3) is 0.867. The Morgan fingerprint density at radius 1 is 1.20 bits per heavy atom. The van der Waals surface area contributed by atoms with Crippen LogP contribution in [0, 0.1) is 11.8 Å². The van der Waals surface area contributed by atoms with Crippen LogP contribution in [0.15, 0.2) is 0 Å². The van der Waals surface area contributed by atoms with Crippen molar-refractivity contribution in [1.29, 1.82) is 0 Å². The van der Waals surface area contributed by atoms with Crippen molar-refractivity contribution in [2.75, 3.05) is 6.54 Å². The molecule has 0 aromatic heterocycles. The highest BCUT2D eigenvalue weighted by Gasteiger charge is 2.22. The van der Waals surface area contributed by atoms with E-state index >= 15 is 0 Å². The van der Waals surface area contributed by atoms with Gasteiger partial charge in [0.05, 0.1) is 12.6 Å². The van der Waals surface area contributed by atoms with Crippen molar-refractivity contribution in [2.24, 2.45) is 17.6 Å². The van der Waals surface area contributed by atoms with Crippen molar-refractivity contribution in [3.05, 3.63) is 0 Å². The van der Waals surface area contributed by atoms with Crippen LogP contribution in [0.1, 0.15) is 52.9 Å². The predicted molar refractivity (Wildman–Crippen MR) is 80.0 cm³/mol. The summed E-state index contributed by atoms with van der Waals surface area (Å²) in [5, 5.41) is 5.59. The maximum atomic E-state index is 11.8. The van der Waals surface area contributed by atoms with Crippen molar-refractivity contribution in [1.82, 2.24) is 10.6 Å². The van der Waals surface area contributed by atoms with Gasteiger partial charge in [0, 0.05) is 6.04 Å². The topological polar surface area (TPSA) is 84.2 Å². The Bertz CT molecular complexity index is 323. The highest BCUT2D eigenvalue weighted by atomic mass is 16.2. The van der Waals surface area contributed by atoms with Crippen molar-refractivity contribution in [2.45, 2.75) is 65.0 Å². The third-order valence-corrected chi connectivity index (χ3v) is 4.23. The molecule has 0 spiro atoms. The molecule has 4 N–H and O–H groups in total. The second-order valence-electron chi connectivity index (χ2n) is 6.18. The molecule has 1 aliphatic carbocycles. The molecule has 1 saturated carbocycles. The molecule has 1 fully saturated rings. The summed E-state index contributed by atoms with van der Waals surface area (Å²) in [6.07, 6.45) is 5.69. The second kappa shape index (κ2) is 8.25. The molecule has 0 bridgehead atoms. The maximum Gasteiger partial charge on any atom is 0.239 e. The first-order valence-corrected chi connectivity index (χ1v) is 7.76. The Balaban J connectivity index is 2.22. The minimum atomic E-state index is -0.553. The quantitative estimate of drug-likeness (QED) is 0.684. The third kappa shape index (κ3) is 5.49. The average molecular weight is 283 g/mol. The van der Waals surface area contributed by atoms with E-state index in [-0.39, 0.29) is 30.3 Å². The Morgan fingerprint density at radius 2 is 1.80 bits per heavy atom. The van der Waals surface area contributed by atoms with Crippen LogP contribution in [0.3, 0.4) is 0 Å². The number of nitrogens with one attached hydrogen (secondary N) is 2. The van der Waals surface area contributed by atoms with Crippen LogP contribution < -0.4 is 16.4 Å². The average Bonchev–Trinajstić information content (AvgIpc) is 2.44. The van der Waals surface area contributed by atoms with E-state index in [4.69, 9.17) is 5.73 Å². The summed E-state index contributed by atoms with van der Waals surface area (Å²) < 4.78 is 0. The zero-order chi connectivity index (χ0) is 15.1. The van der Waals surface area contributed by atoms with Crippen LogP contribution in [0.25, 0.3) is 0 Å². The van der Waals surface area contributed by atoms with Crippen LogP contribution in [0.5, 0.6) is 0 Å². The number of carbonyl (C=O) groups is 2. The van der Waals surface area contributed by atoms with Gasteiger partial charge >= 0.3 is 0 Å². The van der Waals surface area contributed by atoms with E-state index in [1.807, 2.05) is 13.8 Å². The summed E-state index contributed by atoms with van der Waals surface area (Å²) in [5.74, 6) is 0.508. The third-order valence-electron chi connectivity index (χ3n) is 4.23. The molecule has 0 aliphatic heterocycles. The predicted octanol–water partition coefficient (Wildman–Crippen LogP) is 1.17. The fourth-order valence-corrected chi connectivity index (χ4v) is 2.58. The first-order valence-electron chi connectivity index (χ1n) is 7.76. The molecular formula is C15H29N3O2. The fourth-order valence-electron chi connectivity index (χ4n) is 2.58. The first kappa shape index (κ1) is 17.0. The van der Waals surface area contributed by atoms with Gasteiger partial charge in [0.1, 0.15) is 0 Å². The molecule has 0 saturated heterocycles. The van der Waals surface area contributed by atoms with Gasteiger partial charge in [-0.05, 0) is 37.5 Å². The summed E-state index contributed by atoms with van der Waals surface area (Å²) in [4.78, 5) is 23.4. The van der Waals surface area contributed by atoms with Gasteiger partial charge < -0.3 is 16.4 Å². The largest absolute Gasteiger partial charge is 0.352 e. The minimum Gasteiger partial charge on any atom is -0.352 e. The highest BCUT2D eigenvalue weighted by molar-refractivity contribution is 5.87. The summed E-state index contributed by atoms with van der Waals surface area (Å²) in [7, 11) is 0. The number of hydrogen-bond acceptors (Lipinski definition) is 3. The van der Waals surface area contributed by atoms with Gasteiger partial charge in [-0.25, -0.2) is 0 Å². The van der Waals surface area contributed by atoms with Crippen LogP contribution >= 0.6 is 0 Å². The number of amides is 2. The van der Waals surface area contributed by atoms with E-state index in [2.05, 4.69) is 17.6 Å². The van der Waals surface area contributed by atoms with Crippen molar-refractivity contribution in [3.8, 4) is 0 Å². The summed E-state index contributed by atoms with van der Waals surface area (Å²) in [6, 6.07) is -0.288. The molecule has 5 nitrogen and oxygen atoms in total. The van der Waals surface area contributed by atoms with Crippen LogP contribution in [0.4, 0.5) is 0 Å². The number of nitrogens with two attached hydrogens (primary N) is 1. The van der Waals surface area contributed by atoms with Gasteiger partial charge in [-0.15, -0.1) is 0 Å². The molecular weight excluding hydrogens is 254 g/mol. The lowest BCUT2D eigenvalue weighted by Gasteiger charge is -2.28. The van der Waals surface area contributed by atoms with Gasteiger partial charge in [-0.3, -0.25) is 9.59 Å². The van der Waals surface area contributed by atoms with Crippen LogP contribution in [-0.2, 0) is 9.59 Å². The minimum absolute atomic E-state index is 0.0208. The van der Waals surface area contributed by atoms with Crippen molar-refractivity contribution < 1.29 is 9.59 Å². The Hall–Kier alpha value is -1.10. The number of hydrogen-bond donors (Lipinski definition) is 3. The molecule has 0 aromatic carbocycles. The highest BCUT2D eigenvalue weighted by Crippen LogP contribution is 2.26. The van der Waals surface area contributed by atoms with E-state index in [1.165, 1.54) is 19.3 Å². The molecule has 2 amide bonds. The zero-order valence-electron chi connectivity index (χ0n) is 12.9.